The first kappa shape index (κ1) is 8.96. The van der Waals surface area contributed by atoms with Gasteiger partial charge in [-0.15, -0.1) is 0 Å². The van der Waals surface area contributed by atoms with E-state index in [-0.39, 0.29) is 1.43 Å². The van der Waals surface area contributed by atoms with Gasteiger partial charge in [0.1, 0.15) is 5.82 Å². The Morgan fingerprint density at radius 1 is 1.58 bits per heavy atom. The first-order valence-electron chi connectivity index (χ1n) is 3.72. The Balaban J connectivity index is 0.00000144. The summed E-state index contributed by atoms with van der Waals surface area (Å²) in [6.07, 6.45) is 1.73. The topological polar surface area (TPSA) is 48.4 Å². The first-order valence-corrected chi connectivity index (χ1v) is 3.72. The van der Waals surface area contributed by atoms with Gasteiger partial charge in [-0.1, -0.05) is 6.07 Å². The molecule has 0 aliphatic rings. The van der Waals surface area contributed by atoms with Gasteiger partial charge >= 0.3 is 0 Å². The molecule has 0 spiro atoms. The van der Waals surface area contributed by atoms with Crippen LogP contribution in [0.15, 0.2) is 18.3 Å². The lowest BCUT2D eigenvalue weighted by molar-refractivity contribution is 0.385. The molecule has 68 valence electrons. The molecule has 1 aromatic rings. The Labute approximate surface area is 73.3 Å². The standard InChI is InChI=1S/C8H13N3O.H2/c1-11(2)6-7-3-4-8(10-12)9-5-7;/h3-5,12H,6H2,1-2H3,(H,9,10);1H. The summed E-state index contributed by atoms with van der Waals surface area (Å²) in [4.78, 5) is 6.02. The third-order valence-corrected chi connectivity index (χ3v) is 1.44. The number of aromatic nitrogens is 1. The SMILES string of the molecule is CN(C)Cc1ccc(NO)nc1.[HH]. The van der Waals surface area contributed by atoms with E-state index in [1.165, 1.54) is 0 Å². The predicted octanol–water partition coefficient (Wildman–Crippen LogP) is 1.19. The summed E-state index contributed by atoms with van der Waals surface area (Å²) in [6.45, 7) is 0.860. The van der Waals surface area contributed by atoms with E-state index in [0.29, 0.717) is 5.82 Å². The monoisotopic (exact) mass is 169 g/mol. The Bertz CT molecular complexity index is 238. The summed E-state index contributed by atoms with van der Waals surface area (Å²) in [7, 11) is 4.00. The van der Waals surface area contributed by atoms with Crippen molar-refractivity contribution in [3.8, 4) is 0 Å². The number of hydrogen-bond acceptors (Lipinski definition) is 4. The number of nitrogens with one attached hydrogen (secondary N) is 1. The van der Waals surface area contributed by atoms with E-state index in [1.807, 2.05) is 25.6 Å². The van der Waals surface area contributed by atoms with E-state index in [4.69, 9.17) is 5.21 Å². The van der Waals surface area contributed by atoms with Gasteiger partial charge < -0.3 is 4.90 Å². The molecule has 4 nitrogen and oxygen atoms in total. The van der Waals surface area contributed by atoms with Crippen LogP contribution in [0.3, 0.4) is 0 Å². The smallest absolute Gasteiger partial charge is 0.149 e. The molecule has 0 saturated heterocycles. The molecular formula is C8H15N3O. The molecular weight excluding hydrogens is 154 g/mol. The van der Waals surface area contributed by atoms with Crippen molar-refractivity contribution in [3.63, 3.8) is 0 Å². The second-order valence-corrected chi connectivity index (χ2v) is 2.90. The highest BCUT2D eigenvalue weighted by atomic mass is 16.5. The van der Waals surface area contributed by atoms with Crippen molar-refractivity contribution < 1.29 is 6.63 Å². The molecule has 0 aliphatic heterocycles. The lowest BCUT2D eigenvalue weighted by Crippen LogP contribution is -2.10. The summed E-state index contributed by atoms with van der Waals surface area (Å²) >= 11 is 0. The molecule has 0 aromatic carbocycles. The van der Waals surface area contributed by atoms with Crippen LogP contribution in [0.5, 0.6) is 0 Å². The van der Waals surface area contributed by atoms with Gasteiger partial charge in [0.05, 0.1) is 0 Å². The summed E-state index contributed by atoms with van der Waals surface area (Å²) < 4.78 is 0. The molecule has 2 N–H and O–H groups in total. The number of anilines is 1. The van der Waals surface area contributed by atoms with Gasteiger partial charge in [0.25, 0.3) is 0 Å². The van der Waals surface area contributed by atoms with Crippen LogP contribution in [0.25, 0.3) is 0 Å². The Morgan fingerprint density at radius 3 is 2.75 bits per heavy atom. The molecule has 1 heterocycles. The molecule has 1 rings (SSSR count). The highest BCUT2D eigenvalue weighted by Gasteiger charge is 1.95. The summed E-state index contributed by atoms with van der Waals surface area (Å²) in [5, 5.41) is 8.49. The van der Waals surface area contributed by atoms with E-state index < -0.39 is 0 Å². The average Bonchev–Trinajstić information content (AvgIpc) is 2.05. The van der Waals surface area contributed by atoms with Crippen molar-refractivity contribution in [1.29, 1.82) is 0 Å². The van der Waals surface area contributed by atoms with Crippen LogP contribution < -0.4 is 5.48 Å². The zero-order valence-electron chi connectivity index (χ0n) is 7.28. The molecule has 0 unspecified atom stereocenters. The minimum absolute atomic E-state index is 0. The van der Waals surface area contributed by atoms with Gasteiger partial charge in [-0.05, 0) is 25.7 Å². The van der Waals surface area contributed by atoms with Crippen molar-refractivity contribution in [2.75, 3.05) is 19.6 Å². The quantitative estimate of drug-likeness (QED) is 0.667. The van der Waals surface area contributed by atoms with Crippen molar-refractivity contribution in [3.05, 3.63) is 23.9 Å². The maximum Gasteiger partial charge on any atom is 0.149 e. The second kappa shape index (κ2) is 4.04. The fraction of sp³-hybridized carbons (Fsp3) is 0.375. The van der Waals surface area contributed by atoms with Gasteiger partial charge in [0.2, 0.25) is 0 Å². The van der Waals surface area contributed by atoms with Crippen LogP contribution >= 0.6 is 0 Å². The minimum atomic E-state index is 0. The second-order valence-electron chi connectivity index (χ2n) is 2.90. The molecule has 1 aromatic heterocycles. The maximum absolute atomic E-state index is 8.49. The molecule has 0 fully saturated rings. The van der Waals surface area contributed by atoms with E-state index >= 15 is 0 Å². The van der Waals surface area contributed by atoms with Crippen LogP contribution in [0.1, 0.15) is 6.99 Å². The normalized spacial score (nSPS) is 10.3. The van der Waals surface area contributed by atoms with E-state index in [2.05, 4.69) is 9.88 Å². The molecule has 12 heavy (non-hydrogen) atoms. The van der Waals surface area contributed by atoms with Crippen molar-refractivity contribution in [2.24, 2.45) is 0 Å². The largest absolute Gasteiger partial charge is 0.305 e. The lowest BCUT2D eigenvalue weighted by atomic mass is 10.3. The molecule has 0 amide bonds. The zero-order valence-corrected chi connectivity index (χ0v) is 7.28. The zero-order chi connectivity index (χ0) is 8.97. The molecule has 0 atom stereocenters. The minimum Gasteiger partial charge on any atom is -0.305 e. The summed E-state index contributed by atoms with van der Waals surface area (Å²) in [5.41, 5.74) is 3.11. The van der Waals surface area contributed by atoms with Crippen LogP contribution in [-0.2, 0) is 6.54 Å². The first-order chi connectivity index (χ1) is 5.72. The third kappa shape index (κ3) is 2.48. The molecule has 0 saturated carbocycles. The van der Waals surface area contributed by atoms with Crippen LogP contribution in [-0.4, -0.2) is 29.2 Å². The molecule has 0 aliphatic carbocycles. The maximum atomic E-state index is 8.49. The van der Waals surface area contributed by atoms with Gasteiger partial charge in [-0.2, -0.15) is 0 Å². The predicted molar refractivity (Wildman–Crippen MR) is 49.2 cm³/mol. The Morgan fingerprint density at radius 2 is 2.33 bits per heavy atom. The number of hydrogen-bond donors (Lipinski definition) is 2. The number of rotatable bonds is 3. The third-order valence-electron chi connectivity index (χ3n) is 1.44. The van der Waals surface area contributed by atoms with Gasteiger partial charge in [-0.3, -0.25) is 10.7 Å². The van der Waals surface area contributed by atoms with E-state index in [9.17, 15) is 0 Å². The van der Waals surface area contributed by atoms with Gasteiger partial charge in [0, 0.05) is 14.2 Å². The summed E-state index contributed by atoms with van der Waals surface area (Å²) in [6, 6.07) is 3.66. The number of pyridine rings is 1. The highest BCUT2D eigenvalue weighted by Crippen LogP contribution is 2.04. The van der Waals surface area contributed by atoms with Gasteiger partial charge in [-0.25, -0.2) is 4.98 Å². The van der Waals surface area contributed by atoms with Crippen LogP contribution in [0, 0.1) is 0 Å². The highest BCUT2D eigenvalue weighted by molar-refractivity contribution is 5.32. The average molecular weight is 169 g/mol. The van der Waals surface area contributed by atoms with E-state index in [1.54, 1.807) is 12.3 Å². The Kier molecular flexibility index (Phi) is 3.01. The number of nitrogens with zero attached hydrogens (tertiary/aromatic N) is 2. The Hall–Kier alpha value is -1.13. The molecule has 0 bridgehead atoms. The fourth-order valence-corrected chi connectivity index (χ4v) is 0.949. The van der Waals surface area contributed by atoms with Crippen molar-refractivity contribution in [2.45, 2.75) is 6.54 Å². The van der Waals surface area contributed by atoms with E-state index in [0.717, 1.165) is 12.1 Å². The molecule has 4 heteroatoms. The van der Waals surface area contributed by atoms with Crippen LogP contribution in [0.2, 0.25) is 0 Å². The van der Waals surface area contributed by atoms with Crippen LogP contribution in [0.4, 0.5) is 5.82 Å². The molecule has 0 radical (unpaired) electrons. The fourth-order valence-electron chi connectivity index (χ4n) is 0.949. The lowest BCUT2D eigenvalue weighted by Gasteiger charge is -2.08. The van der Waals surface area contributed by atoms with Crippen molar-refractivity contribution >= 4 is 5.82 Å². The summed E-state index contributed by atoms with van der Waals surface area (Å²) in [5.74, 6) is 0.470. The van der Waals surface area contributed by atoms with Gasteiger partial charge in [0.15, 0.2) is 0 Å². The van der Waals surface area contributed by atoms with Crippen molar-refractivity contribution in [1.82, 2.24) is 9.88 Å².